The van der Waals surface area contributed by atoms with E-state index in [0.29, 0.717) is 6.54 Å². The molecule has 0 aromatic carbocycles. The van der Waals surface area contributed by atoms with Crippen molar-refractivity contribution in [1.29, 1.82) is 0 Å². The molecule has 3 atom stereocenters. The summed E-state index contributed by atoms with van der Waals surface area (Å²) >= 11 is 1.56. The monoisotopic (exact) mass is 297 g/mol. The molecule has 1 fully saturated rings. The summed E-state index contributed by atoms with van der Waals surface area (Å²) in [6, 6.07) is -0.121. The number of nitrogens with one attached hydrogen (secondary N) is 1. The second kappa shape index (κ2) is 7.04. The van der Waals surface area contributed by atoms with E-state index in [2.05, 4.69) is 10.3 Å². The summed E-state index contributed by atoms with van der Waals surface area (Å²) in [6.07, 6.45) is 5.23. The first kappa shape index (κ1) is 15.3. The predicted molar refractivity (Wildman–Crippen MR) is 79.7 cm³/mol. The first-order valence-electron chi connectivity index (χ1n) is 7.21. The van der Waals surface area contributed by atoms with Gasteiger partial charge < -0.3 is 15.3 Å². The van der Waals surface area contributed by atoms with Crippen LogP contribution >= 0.6 is 11.3 Å². The molecule has 1 aromatic rings. The number of urea groups is 1. The second-order valence-corrected chi connectivity index (χ2v) is 6.35. The van der Waals surface area contributed by atoms with Gasteiger partial charge in [-0.1, -0.05) is 13.3 Å². The number of carbonyl (C=O) groups is 1. The standard InChI is InChI=1S/C14H23N3O2S/c1-3-11(13-15-7-8-20-13)16-14(19)17(2)9-10-5-4-6-12(10)18/h7-8,10-12,18H,3-6,9H2,1-2H3,(H,16,19). The van der Waals surface area contributed by atoms with Crippen molar-refractivity contribution in [3.8, 4) is 0 Å². The smallest absolute Gasteiger partial charge is 0.317 e. The highest BCUT2D eigenvalue weighted by molar-refractivity contribution is 7.09. The van der Waals surface area contributed by atoms with Crippen molar-refractivity contribution in [2.75, 3.05) is 13.6 Å². The largest absolute Gasteiger partial charge is 0.393 e. The van der Waals surface area contributed by atoms with Gasteiger partial charge in [0.05, 0.1) is 12.1 Å². The lowest BCUT2D eigenvalue weighted by atomic mass is 10.1. The van der Waals surface area contributed by atoms with Gasteiger partial charge in [-0.05, 0) is 19.3 Å². The Kier molecular flexibility index (Phi) is 5.37. The Labute approximate surface area is 124 Å². The number of thiazole rings is 1. The fourth-order valence-electron chi connectivity index (χ4n) is 2.67. The van der Waals surface area contributed by atoms with Crippen LogP contribution in [0.1, 0.15) is 43.7 Å². The van der Waals surface area contributed by atoms with E-state index in [9.17, 15) is 9.90 Å². The average molecular weight is 297 g/mol. The van der Waals surface area contributed by atoms with Crippen molar-refractivity contribution in [2.45, 2.75) is 44.8 Å². The molecule has 1 aliphatic rings. The number of aliphatic hydroxyl groups is 1. The molecule has 3 unspecified atom stereocenters. The zero-order valence-corrected chi connectivity index (χ0v) is 12.9. The maximum absolute atomic E-state index is 12.2. The van der Waals surface area contributed by atoms with Gasteiger partial charge in [0.25, 0.3) is 0 Å². The zero-order valence-electron chi connectivity index (χ0n) is 12.1. The van der Waals surface area contributed by atoms with Gasteiger partial charge in [-0.3, -0.25) is 0 Å². The van der Waals surface area contributed by atoms with Gasteiger partial charge in [-0.2, -0.15) is 0 Å². The van der Waals surface area contributed by atoms with Crippen molar-refractivity contribution in [3.05, 3.63) is 16.6 Å². The fraction of sp³-hybridized carbons (Fsp3) is 0.714. The van der Waals surface area contributed by atoms with Gasteiger partial charge >= 0.3 is 6.03 Å². The lowest BCUT2D eigenvalue weighted by molar-refractivity contribution is 0.113. The number of rotatable bonds is 5. The van der Waals surface area contributed by atoms with Crippen LogP contribution in [0.2, 0.25) is 0 Å². The number of carbonyl (C=O) groups excluding carboxylic acids is 1. The Bertz CT molecular complexity index is 424. The van der Waals surface area contributed by atoms with Crippen LogP contribution in [0.25, 0.3) is 0 Å². The first-order valence-corrected chi connectivity index (χ1v) is 8.08. The number of aromatic nitrogens is 1. The Morgan fingerprint density at radius 2 is 2.45 bits per heavy atom. The first-order chi connectivity index (χ1) is 9.61. The van der Waals surface area contributed by atoms with E-state index in [1.807, 2.05) is 12.3 Å². The number of aliphatic hydroxyl groups excluding tert-OH is 1. The van der Waals surface area contributed by atoms with E-state index >= 15 is 0 Å². The molecule has 0 aliphatic heterocycles. The number of hydrogen-bond acceptors (Lipinski definition) is 4. The van der Waals surface area contributed by atoms with Crippen molar-refractivity contribution in [3.63, 3.8) is 0 Å². The van der Waals surface area contributed by atoms with Crippen LogP contribution in [0.3, 0.4) is 0 Å². The molecule has 1 aliphatic carbocycles. The molecule has 1 heterocycles. The zero-order chi connectivity index (χ0) is 14.5. The number of nitrogens with zero attached hydrogens (tertiary/aromatic N) is 2. The SMILES string of the molecule is CCC(NC(=O)N(C)CC1CCCC1O)c1nccs1. The Balaban J connectivity index is 1.86. The summed E-state index contributed by atoms with van der Waals surface area (Å²) in [5.41, 5.74) is 0. The van der Waals surface area contributed by atoms with E-state index in [1.54, 1.807) is 29.5 Å². The van der Waals surface area contributed by atoms with Crippen molar-refractivity contribution in [1.82, 2.24) is 15.2 Å². The van der Waals surface area contributed by atoms with Gasteiger partial charge in [-0.15, -0.1) is 11.3 Å². The summed E-state index contributed by atoms with van der Waals surface area (Å²) in [5.74, 6) is 0.214. The van der Waals surface area contributed by atoms with Crippen LogP contribution in [0.5, 0.6) is 0 Å². The van der Waals surface area contributed by atoms with Crippen LogP contribution in [0.4, 0.5) is 4.79 Å². The molecular formula is C14H23N3O2S. The average Bonchev–Trinajstić information content (AvgIpc) is 3.08. The molecule has 2 rings (SSSR count). The van der Waals surface area contributed by atoms with E-state index in [4.69, 9.17) is 0 Å². The van der Waals surface area contributed by atoms with Crippen molar-refractivity contribution >= 4 is 17.4 Å². The number of hydrogen-bond donors (Lipinski definition) is 2. The molecule has 0 radical (unpaired) electrons. The fourth-order valence-corrected chi connectivity index (χ4v) is 3.44. The van der Waals surface area contributed by atoms with Gasteiger partial charge in [0.1, 0.15) is 5.01 Å². The summed E-state index contributed by atoms with van der Waals surface area (Å²) in [5, 5.41) is 15.7. The minimum Gasteiger partial charge on any atom is -0.393 e. The number of amides is 2. The maximum atomic E-state index is 12.2. The van der Waals surface area contributed by atoms with Crippen LogP contribution in [0.15, 0.2) is 11.6 Å². The summed E-state index contributed by atoms with van der Waals surface area (Å²) in [4.78, 5) is 18.1. The molecule has 112 valence electrons. The highest BCUT2D eigenvalue weighted by atomic mass is 32.1. The normalized spacial score (nSPS) is 23.6. The molecule has 0 spiro atoms. The lowest BCUT2D eigenvalue weighted by Crippen LogP contribution is -2.42. The van der Waals surface area contributed by atoms with Crippen LogP contribution in [-0.2, 0) is 0 Å². The molecule has 0 bridgehead atoms. The highest BCUT2D eigenvalue weighted by Gasteiger charge is 2.28. The minimum absolute atomic E-state index is 0.0292. The van der Waals surface area contributed by atoms with E-state index in [-0.39, 0.29) is 24.1 Å². The predicted octanol–water partition coefficient (Wildman–Crippen LogP) is 2.40. The molecule has 20 heavy (non-hydrogen) atoms. The molecule has 2 amide bonds. The molecule has 0 saturated heterocycles. The second-order valence-electron chi connectivity index (χ2n) is 5.42. The topological polar surface area (TPSA) is 65.5 Å². The third-order valence-electron chi connectivity index (χ3n) is 3.93. The quantitative estimate of drug-likeness (QED) is 0.877. The Hall–Kier alpha value is -1.14. The van der Waals surface area contributed by atoms with Crippen LogP contribution in [0, 0.1) is 5.92 Å². The third kappa shape index (κ3) is 3.70. The van der Waals surface area contributed by atoms with Crippen molar-refractivity contribution in [2.24, 2.45) is 5.92 Å². The van der Waals surface area contributed by atoms with Crippen molar-refractivity contribution < 1.29 is 9.90 Å². The molecule has 5 nitrogen and oxygen atoms in total. The summed E-state index contributed by atoms with van der Waals surface area (Å²) in [7, 11) is 1.79. The van der Waals surface area contributed by atoms with E-state index in [0.717, 1.165) is 30.7 Å². The highest BCUT2D eigenvalue weighted by Crippen LogP contribution is 2.26. The Morgan fingerprint density at radius 1 is 1.65 bits per heavy atom. The van der Waals surface area contributed by atoms with E-state index < -0.39 is 0 Å². The lowest BCUT2D eigenvalue weighted by Gasteiger charge is -2.25. The molecule has 1 aromatic heterocycles. The van der Waals surface area contributed by atoms with Crippen LogP contribution < -0.4 is 5.32 Å². The van der Waals surface area contributed by atoms with Gasteiger partial charge in [-0.25, -0.2) is 9.78 Å². The van der Waals surface area contributed by atoms with E-state index in [1.165, 1.54) is 0 Å². The molecule has 1 saturated carbocycles. The molecule has 6 heteroatoms. The maximum Gasteiger partial charge on any atom is 0.317 e. The summed E-state index contributed by atoms with van der Waals surface area (Å²) < 4.78 is 0. The summed E-state index contributed by atoms with van der Waals surface area (Å²) in [6.45, 7) is 2.65. The van der Waals surface area contributed by atoms with Gasteiger partial charge in [0, 0.05) is 31.1 Å². The minimum atomic E-state index is -0.258. The third-order valence-corrected chi connectivity index (χ3v) is 4.82. The molecular weight excluding hydrogens is 274 g/mol. The molecule has 2 N–H and O–H groups in total. The van der Waals surface area contributed by atoms with Gasteiger partial charge in [0.2, 0.25) is 0 Å². The van der Waals surface area contributed by atoms with Crippen LogP contribution in [-0.4, -0.2) is 40.7 Å². The Morgan fingerprint density at radius 3 is 3.00 bits per heavy atom. The van der Waals surface area contributed by atoms with Gasteiger partial charge in [0.15, 0.2) is 0 Å².